The van der Waals surface area contributed by atoms with Gasteiger partial charge in [0.1, 0.15) is 0 Å². The molecule has 1 unspecified atom stereocenters. The molecule has 3 rings (SSSR count). The summed E-state index contributed by atoms with van der Waals surface area (Å²) in [4.78, 5) is 13.8. The first-order valence-electron chi connectivity index (χ1n) is 10.1. The van der Waals surface area contributed by atoms with Crippen LogP contribution >= 0.6 is 11.3 Å². The third-order valence-electron chi connectivity index (χ3n) is 4.86. The minimum Gasteiger partial charge on any atom is -0.372 e. The second kappa shape index (κ2) is 9.78. The Kier molecular flexibility index (Phi) is 7.14. The molecule has 1 fully saturated rings. The van der Waals surface area contributed by atoms with E-state index in [-0.39, 0.29) is 6.04 Å². The van der Waals surface area contributed by atoms with Crippen LogP contribution < -0.4 is 20.4 Å². The van der Waals surface area contributed by atoms with Gasteiger partial charge >= 0.3 is 0 Å². The van der Waals surface area contributed by atoms with Crippen molar-refractivity contribution in [1.82, 2.24) is 15.6 Å². The maximum Gasteiger partial charge on any atom is 0.192 e. The highest BCUT2D eigenvalue weighted by Crippen LogP contribution is 2.24. The zero-order chi connectivity index (χ0) is 19.9. The van der Waals surface area contributed by atoms with Crippen molar-refractivity contribution in [3.8, 4) is 0 Å². The number of aromatic nitrogens is 1. The topological polar surface area (TPSA) is 55.8 Å². The van der Waals surface area contributed by atoms with E-state index in [0.29, 0.717) is 6.54 Å². The number of rotatable bonds is 7. The Hall–Kier alpha value is -2.28. The van der Waals surface area contributed by atoms with E-state index in [9.17, 15) is 0 Å². The van der Waals surface area contributed by atoms with Gasteiger partial charge in [-0.1, -0.05) is 12.1 Å². The summed E-state index contributed by atoms with van der Waals surface area (Å²) < 4.78 is 0. The molecule has 1 aromatic carbocycles. The van der Waals surface area contributed by atoms with Crippen LogP contribution in [0.2, 0.25) is 0 Å². The SMILES string of the molecule is CCNC(=NCc1csc(N(C)C)n1)NC(C)c1cccc(N2CCCC2)c1. The van der Waals surface area contributed by atoms with Crippen molar-refractivity contribution in [2.45, 2.75) is 39.3 Å². The van der Waals surface area contributed by atoms with Gasteiger partial charge in [-0.05, 0) is 44.4 Å². The molecule has 0 spiro atoms. The van der Waals surface area contributed by atoms with E-state index in [1.54, 1.807) is 11.3 Å². The molecule has 7 heteroatoms. The van der Waals surface area contributed by atoms with Crippen LogP contribution in [-0.2, 0) is 6.54 Å². The van der Waals surface area contributed by atoms with Crippen molar-refractivity contribution in [1.29, 1.82) is 0 Å². The number of nitrogens with zero attached hydrogens (tertiary/aromatic N) is 4. The lowest BCUT2D eigenvalue weighted by molar-refractivity contribution is 0.685. The molecule has 1 aliphatic rings. The molecular weight excluding hydrogens is 368 g/mol. The first-order chi connectivity index (χ1) is 13.6. The average Bonchev–Trinajstić information content (AvgIpc) is 3.38. The molecule has 1 aromatic heterocycles. The summed E-state index contributed by atoms with van der Waals surface area (Å²) in [7, 11) is 4.02. The highest BCUT2D eigenvalue weighted by molar-refractivity contribution is 7.13. The molecule has 2 heterocycles. The quantitative estimate of drug-likeness (QED) is 0.549. The Morgan fingerprint density at radius 3 is 2.79 bits per heavy atom. The minimum absolute atomic E-state index is 0.174. The summed E-state index contributed by atoms with van der Waals surface area (Å²) in [6, 6.07) is 9.03. The lowest BCUT2D eigenvalue weighted by Gasteiger charge is -2.22. The second-order valence-electron chi connectivity index (χ2n) is 7.37. The lowest BCUT2D eigenvalue weighted by Crippen LogP contribution is -2.38. The molecule has 28 heavy (non-hydrogen) atoms. The molecule has 2 aromatic rings. The minimum atomic E-state index is 0.174. The zero-order valence-corrected chi connectivity index (χ0v) is 18.2. The largest absolute Gasteiger partial charge is 0.372 e. The van der Waals surface area contributed by atoms with E-state index in [1.165, 1.54) is 24.1 Å². The Labute approximate surface area is 172 Å². The first kappa shape index (κ1) is 20.5. The van der Waals surface area contributed by atoms with E-state index < -0.39 is 0 Å². The Bertz CT molecular complexity index is 779. The van der Waals surface area contributed by atoms with Crippen LogP contribution in [0.25, 0.3) is 0 Å². The predicted molar refractivity (Wildman–Crippen MR) is 121 cm³/mol. The molecule has 6 nitrogen and oxygen atoms in total. The average molecular weight is 401 g/mol. The van der Waals surface area contributed by atoms with Gasteiger partial charge in [0.25, 0.3) is 0 Å². The van der Waals surface area contributed by atoms with E-state index in [0.717, 1.165) is 36.4 Å². The summed E-state index contributed by atoms with van der Waals surface area (Å²) in [5, 5.41) is 9.97. The molecule has 0 saturated carbocycles. The van der Waals surface area contributed by atoms with E-state index in [1.807, 2.05) is 19.0 Å². The Balaban J connectivity index is 1.66. The molecule has 0 bridgehead atoms. The fourth-order valence-corrected chi connectivity index (χ4v) is 4.06. The van der Waals surface area contributed by atoms with Crippen molar-refractivity contribution in [3.63, 3.8) is 0 Å². The standard InChI is InChI=1S/C21H32N6S/c1-5-22-20(23-14-18-15-28-21(25-18)26(3)4)24-16(2)17-9-8-10-19(13-17)27-11-6-7-12-27/h8-10,13,15-16H,5-7,11-12,14H2,1-4H3,(H2,22,23,24). The van der Waals surface area contributed by atoms with Gasteiger partial charge in [-0.3, -0.25) is 0 Å². The third-order valence-corrected chi connectivity index (χ3v) is 5.92. The van der Waals surface area contributed by atoms with Gasteiger partial charge in [0.2, 0.25) is 0 Å². The number of guanidine groups is 1. The second-order valence-corrected chi connectivity index (χ2v) is 8.20. The van der Waals surface area contributed by atoms with Crippen LogP contribution in [0.15, 0.2) is 34.6 Å². The number of thiazole rings is 1. The maximum absolute atomic E-state index is 4.73. The van der Waals surface area contributed by atoms with Crippen LogP contribution in [0.1, 0.15) is 44.0 Å². The highest BCUT2D eigenvalue weighted by Gasteiger charge is 2.14. The molecule has 0 aliphatic carbocycles. The molecule has 0 amide bonds. The van der Waals surface area contributed by atoms with Crippen molar-refractivity contribution in [2.24, 2.45) is 4.99 Å². The van der Waals surface area contributed by atoms with Crippen LogP contribution in [0.3, 0.4) is 0 Å². The number of hydrogen-bond acceptors (Lipinski definition) is 5. The van der Waals surface area contributed by atoms with Gasteiger partial charge in [0.15, 0.2) is 11.1 Å². The fraction of sp³-hybridized carbons (Fsp3) is 0.524. The van der Waals surface area contributed by atoms with Crippen molar-refractivity contribution < 1.29 is 0 Å². The van der Waals surface area contributed by atoms with Crippen molar-refractivity contribution >= 4 is 28.1 Å². The van der Waals surface area contributed by atoms with Crippen LogP contribution in [0, 0.1) is 0 Å². The van der Waals surface area contributed by atoms with Crippen molar-refractivity contribution in [3.05, 3.63) is 40.9 Å². The molecule has 152 valence electrons. The van der Waals surface area contributed by atoms with Gasteiger partial charge in [-0.25, -0.2) is 9.98 Å². The van der Waals surface area contributed by atoms with Gasteiger partial charge in [0.05, 0.1) is 18.3 Å². The van der Waals surface area contributed by atoms with E-state index in [4.69, 9.17) is 4.99 Å². The Morgan fingerprint density at radius 1 is 1.32 bits per heavy atom. The fourth-order valence-electron chi connectivity index (χ4n) is 3.31. The third kappa shape index (κ3) is 5.38. The first-order valence-corrected chi connectivity index (χ1v) is 11.0. The summed E-state index contributed by atoms with van der Waals surface area (Å²) in [6.45, 7) is 7.99. The van der Waals surface area contributed by atoms with Gasteiger partial charge in [-0.15, -0.1) is 11.3 Å². The van der Waals surface area contributed by atoms with E-state index >= 15 is 0 Å². The number of hydrogen-bond donors (Lipinski definition) is 2. The van der Waals surface area contributed by atoms with Crippen LogP contribution in [0.5, 0.6) is 0 Å². The molecule has 2 N–H and O–H groups in total. The van der Waals surface area contributed by atoms with Crippen LogP contribution in [-0.4, -0.2) is 44.7 Å². The summed E-state index contributed by atoms with van der Waals surface area (Å²) in [6.07, 6.45) is 2.59. The smallest absolute Gasteiger partial charge is 0.192 e. The number of anilines is 2. The molecule has 1 atom stereocenters. The molecular formula is C21H32N6S. The summed E-state index contributed by atoms with van der Waals surface area (Å²) >= 11 is 1.65. The van der Waals surface area contributed by atoms with Gasteiger partial charge in [-0.2, -0.15) is 0 Å². The van der Waals surface area contributed by atoms with E-state index in [2.05, 4.69) is 64.0 Å². The van der Waals surface area contributed by atoms with Crippen molar-refractivity contribution in [2.75, 3.05) is 43.5 Å². The Morgan fingerprint density at radius 2 is 2.11 bits per heavy atom. The lowest BCUT2D eigenvalue weighted by atomic mass is 10.1. The van der Waals surface area contributed by atoms with Gasteiger partial charge < -0.3 is 20.4 Å². The maximum atomic E-state index is 4.73. The summed E-state index contributed by atoms with van der Waals surface area (Å²) in [5.41, 5.74) is 3.59. The van der Waals surface area contributed by atoms with Crippen LogP contribution in [0.4, 0.5) is 10.8 Å². The normalized spacial score (nSPS) is 15.6. The van der Waals surface area contributed by atoms with Gasteiger partial charge in [0, 0.05) is 44.8 Å². The highest BCUT2D eigenvalue weighted by atomic mass is 32.1. The predicted octanol–water partition coefficient (Wildman–Crippen LogP) is 3.63. The molecule has 1 saturated heterocycles. The molecule has 0 radical (unpaired) electrons. The number of nitrogens with one attached hydrogen (secondary N) is 2. The monoisotopic (exact) mass is 400 g/mol. The number of aliphatic imine (C=N–C) groups is 1. The molecule has 1 aliphatic heterocycles. The number of benzene rings is 1. The zero-order valence-electron chi connectivity index (χ0n) is 17.4. The summed E-state index contributed by atoms with van der Waals surface area (Å²) in [5.74, 6) is 0.820.